The van der Waals surface area contributed by atoms with E-state index in [9.17, 15) is 48.9 Å². The zero-order valence-electron chi connectivity index (χ0n) is 29.0. The van der Waals surface area contributed by atoms with Gasteiger partial charge in [-0.15, -0.1) is 0 Å². The van der Waals surface area contributed by atoms with Crippen molar-refractivity contribution < 1.29 is 48.9 Å². The minimum absolute atomic E-state index is 0.0924. The number of amides is 4. The normalized spacial score (nSPS) is 14.5. The summed E-state index contributed by atoms with van der Waals surface area (Å²) in [6.07, 6.45) is 0.143. The molecule has 16 nitrogen and oxygen atoms in total. The summed E-state index contributed by atoms with van der Waals surface area (Å²) in [5.74, 6) is -7.58. The standard InChI is InChI=1S/C36H46N6O10/c1-3-20(2)31(37)35(50)40-26(14-16-30(45)46)32(47)41-27(18-22-19-38-24-12-8-7-11-23(22)24)34(49)39-25(13-15-29(43)44)33(48)42-28(36(51)52)17-21-9-5-4-6-10-21/h4-12,19-20,25-28,31,38H,3,13-18,37H2,1-2H3,(H,39,49)(H,40,50)(H,41,47)(H,42,48)(H,43,44)(H,45,46)(H,51,52)/t20-,25-,26-,27-,28-,31-/m0/s1. The van der Waals surface area contributed by atoms with E-state index in [1.807, 2.05) is 6.92 Å². The number of carboxylic acids is 3. The number of aromatic amines is 1. The van der Waals surface area contributed by atoms with Gasteiger partial charge in [-0.25, -0.2) is 4.79 Å². The third kappa shape index (κ3) is 12.2. The molecule has 0 spiro atoms. The molecule has 3 rings (SSSR count). The van der Waals surface area contributed by atoms with Crippen molar-refractivity contribution in [2.75, 3.05) is 0 Å². The average molecular weight is 723 g/mol. The number of rotatable bonds is 21. The number of fused-ring (bicyclic) bond motifs is 1. The van der Waals surface area contributed by atoms with Crippen molar-refractivity contribution in [1.82, 2.24) is 26.3 Å². The molecule has 1 aromatic heterocycles. The van der Waals surface area contributed by atoms with Gasteiger partial charge in [-0.3, -0.25) is 28.8 Å². The van der Waals surface area contributed by atoms with E-state index in [1.54, 1.807) is 67.7 Å². The third-order valence-corrected chi connectivity index (χ3v) is 8.75. The number of hydrogen-bond donors (Lipinski definition) is 9. The molecule has 10 N–H and O–H groups in total. The van der Waals surface area contributed by atoms with Crippen LogP contribution in [0.5, 0.6) is 0 Å². The van der Waals surface area contributed by atoms with Gasteiger partial charge in [0.15, 0.2) is 0 Å². The summed E-state index contributed by atoms with van der Waals surface area (Å²) in [5.41, 5.74) is 7.97. The molecule has 0 aliphatic rings. The van der Waals surface area contributed by atoms with Gasteiger partial charge in [0.05, 0.1) is 6.04 Å². The number of carboxylic acid groups (broad SMARTS) is 3. The van der Waals surface area contributed by atoms with Crippen LogP contribution in [0.15, 0.2) is 60.8 Å². The second kappa shape index (κ2) is 19.6. The van der Waals surface area contributed by atoms with Gasteiger partial charge < -0.3 is 47.3 Å². The van der Waals surface area contributed by atoms with Crippen LogP contribution in [-0.2, 0) is 46.4 Å². The van der Waals surface area contributed by atoms with Gasteiger partial charge in [0.25, 0.3) is 0 Å². The molecule has 0 aliphatic carbocycles. The minimum Gasteiger partial charge on any atom is -0.481 e. The van der Waals surface area contributed by atoms with Crippen molar-refractivity contribution in [3.8, 4) is 0 Å². The molecule has 0 aliphatic heterocycles. The van der Waals surface area contributed by atoms with E-state index in [4.69, 9.17) is 5.73 Å². The van der Waals surface area contributed by atoms with Gasteiger partial charge in [-0.1, -0.05) is 68.8 Å². The van der Waals surface area contributed by atoms with Gasteiger partial charge in [0.1, 0.15) is 24.2 Å². The van der Waals surface area contributed by atoms with Crippen molar-refractivity contribution >= 4 is 52.4 Å². The van der Waals surface area contributed by atoms with E-state index in [1.165, 1.54) is 0 Å². The molecule has 4 amide bonds. The first-order valence-electron chi connectivity index (χ1n) is 16.9. The molecule has 0 bridgehead atoms. The first-order valence-corrected chi connectivity index (χ1v) is 16.9. The van der Waals surface area contributed by atoms with Crippen LogP contribution in [0.3, 0.4) is 0 Å². The number of benzene rings is 2. The van der Waals surface area contributed by atoms with Crippen LogP contribution in [0.4, 0.5) is 0 Å². The Morgan fingerprint density at radius 3 is 1.73 bits per heavy atom. The average Bonchev–Trinajstić information content (AvgIpc) is 3.52. The molecule has 1 heterocycles. The molecule has 16 heteroatoms. The molecular weight excluding hydrogens is 676 g/mol. The largest absolute Gasteiger partial charge is 0.481 e. The van der Waals surface area contributed by atoms with Gasteiger partial charge in [0.2, 0.25) is 23.6 Å². The highest BCUT2D eigenvalue weighted by molar-refractivity contribution is 5.96. The molecule has 52 heavy (non-hydrogen) atoms. The second-order valence-corrected chi connectivity index (χ2v) is 12.6. The van der Waals surface area contributed by atoms with Crippen molar-refractivity contribution in [1.29, 1.82) is 0 Å². The predicted molar refractivity (Wildman–Crippen MR) is 189 cm³/mol. The lowest BCUT2D eigenvalue weighted by Gasteiger charge is -2.27. The minimum atomic E-state index is -1.53. The van der Waals surface area contributed by atoms with Crippen LogP contribution < -0.4 is 27.0 Å². The molecule has 0 unspecified atom stereocenters. The highest BCUT2D eigenvalue weighted by atomic mass is 16.4. The Morgan fingerprint density at radius 2 is 1.17 bits per heavy atom. The fourth-order valence-electron chi connectivity index (χ4n) is 5.45. The second-order valence-electron chi connectivity index (χ2n) is 12.6. The Morgan fingerprint density at radius 1 is 0.673 bits per heavy atom. The van der Waals surface area contributed by atoms with E-state index < -0.39 is 91.0 Å². The highest BCUT2D eigenvalue weighted by Crippen LogP contribution is 2.20. The lowest BCUT2D eigenvalue weighted by molar-refractivity contribution is -0.143. The molecule has 2 aromatic carbocycles. The van der Waals surface area contributed by atoms with Crippen LogP contribution >= 0.6 is 0 Å². The Labute approximate surface area is 299 Å². The lowest BCUT2D eigenvalue weighted by Crippen LogP contribution is -2.59. The first kappa shape index (κ1) is 40.7. The van der Waals surface area contributed by atoms with Gasteiger partial charge in [-0.05, 0) is 36.0 Å². The van der Waals surface area contributed by atoms with Gasteiger partial charge >= 0.3 is 17.9 Å². The van der Waals surface area contributed by atoms with Crippen molar-refractivity contribution in [2.45, 2.75) is 89.0 Å². The topological polar surface area (TPSA) is 270 Å². The van der Waals surface area contributed by atoms with Crippen LogP contribution in [0.1, 0.15) is 57.1 Å². The maximum absolute atomic E-state index is 14.0. The van der Waals surface area contributed by atoms with Crippen molar-refractivity contribution in [3.05, 3.63) is 71.9 Å². The Hall–Kier alpha value is -5.77. The van der Waals surface area contributed by atoms with Gasteiger partial charge in [-0.2, -0.15) is 0 Å². The van der Waals surface area contributed by atoms with E-state index >= 15 is 0 Å². The Kier molecular flexibility index (Phi) is 15.3. The van der Waals surface area contributed by atoms with E-state index in [0.29, 0.717) is 17.5 Å². The molecule has 0 saturated heterocycles. The molecule has 0 saturated carbocycles. The molecule has 280 valence electrons. The number of carbonyl (C=O) groups excluding carboxylic acids is 4. The van der Waals surface area contributed by atoms with Gasteiger partial charge in [0, 0.05) is 42.8 Å². The first-order chi connectivity index (χ1) is 24.7. The molecular formula is C36H46N6O10. The summed E-state index contributed by atoms with van der Waals surface area (Å²) < 4.78 is 0. The van der Waals surface area contributed by atoms with E-state index in [-0.39, 0.29) is 25.2 Å². The summed E-state index contributed by atoms with van der Waals surface area (Å²) in [4.78, 5) is 92.2. The van der Waals surface area contributed by atoms with Crippen molar-refractivity contribution in [3.63, 3.8) is 0 Å². The number of carbonyl (C=O) groups is 7. The molecule has 6 atom stereocenters. The summed E-state index contributed by atoms with van der Waals surface area (Å²) in [6, 6.07) is 8.85. The summed E-state index contributed by atoms with van der Waals surface area (Å²) in [5, 5.41) is 39.2. The van der Waals surface area contributed by atoms with E-state index in [2.05, 4.69) is 26.3 Å². The van der Waals surface area contributed by atoms with E-state index in [0.717, 1.165) is 10.9 Å². The van der Waals surface area contributed by atoms with Crippen LogP contribution in [0.2, 0.25) is 0 Å². The van der Waals surface area contributed by atoms with Crippen molar-refractivity contribution in [2.24, 2.45) is 11.7 Å². The highest BCUT2D eigenvalue weighted by Gasteiger charge is 2.33. The maximum atomic E-state index is 14.0. The molecule has 0 radical (unpaired) electrons. The zero-order chi connectivity index (χ0) is 38.4. The number of hydrogen-bond acceptors (Lipinski definition) is 8. The number of aromatic nitrogens is 1. The monoisotopic (exact) mass is 722 g/mol. The lowest BCUT2D eigenvalue weighted by atomic mass is 9.98. The number of nitrogens with one attached hydrogen (secondary N) is 5. The number of aliphatic carboxylic acids is 3. The predicted octanol–water partition coefficient (Wildman–Crippen LogP) is 1.08. The SMILES string of the molecule is CC[C@H](C)[C@H](N)C(=O)N[C@@H](CCC(=O)O)C(=O)N[C@@H](Cc1c[nH]c2ccccc12)C(=O)N[C@@H](CCC(=O)O)C(=O)N[C@@H](Cc1ccccc1)C(=O)O. The van der Waals surface area contributed by atoms with Crippen LogP contribution in [0.25, 0.3) is 10.9 Å². The summed E-state index contributed by atoms with van der Waals surface area (Å²) in [6.45, 7) is 3.57. The quantitative estimate of drug-likeness (QED) is 0.0751. The smallest absolute Gasteiger partial charge is 0.326 e. The molecule has 3 aromatic rings. The zero-order valence-corrected chi connectivity index (χ0v) is 29.0. The third-order valence-electron chi connectivity index (χ3n) is 8.75. The fraction of sp³-hybridized carbons (Fsp3) is 0.417. The van der Waals surface area contributed by atoms with Crippen LogP contribution in [0, 0.1) is 5.92 Å². The summed E-state index contributed by atoms with van der Waals surface area (Å²) >= 11 is 0. The Bertz CT molecular complexity index is 1730. The fourth-order valence-corrected chi connectivity index (χ4v) is 5.45. The summed E-state index contributed by atoms with van der Waals surface area (Å²) in [7, 11) is 0. The van der Waals surface area contributed by atoms with Crippen LogP contribution in [-0.4, -0.2) is 92.0 Å². The maximum Gasteiger partial charge on any atom is 0.326 e. The number of nitrogens with two attached hydrogens (primary N) is 1. The number of para-hydroxylation sites is 1. The molecule has 0 fully saturated rings. The number of H-pyrrole nitrogens is 1. The Balaban J connectivity index is 1.92.